The third kappa shape index (κ3) is 4.33. The molecule has 0 unspecified atom stereocenters. The third-order valence-corrected chi connectivity index (χ3v) is 4.70. The Morgan fingerprint density at radius 3 is 1.31 bits per heavy atom. The second kappa shape index (κ2) is 8.62. The van der Waals surface area contributed by atoms with E-state index >= 15 is 0 Å². The van der Waals surface area contributed by atoms with Gasteiger partial charge in [-0.15, -0.1) is 0 Å². The van der Waals surface area contributed by atoms with Crippen molar-refractivity contribution < 1.29 is 75.0 Å². The van der Waals surface area contributed by atoms with E-state index in [1.807, 2.05) is 0 Å². The predicted molar refractivity (Wildman–Crippen MR) is 85.5 cm³/mol. The zero-order valence-electron chi connectivity index (χ0n) is 15.5. The van der Waals surface area contributed by atoms with Crippen LogP contribution in [0, 0.1) is 0 Å². The Morgan fingerprint density at radius 1 is 0.600 bits per heavy atom. The lowest BCUT2D eigenvalue weighted by atomic mass is 9.89. The van der Waals surface area contributed by atoms with E-state index in [0.29, 0.717) is 6.07 Å². The van der Waals surface area contributed by atoms with Crippen LogP contribution in [0.2, 0.25) is 5.02 Å². The molecular weight excluding hydrogens is 585 g/mol. The molecule has 202 valence electrons. The fraction of sp³-hybridized carbons (Fsp3) is 0.533. The Labute approximate surface area is 192 Å². The number of halogens is 18. The van der Waals surface area contributed by atoms with Crippen LogP contribution in [0.15, 0.2) is 24.3 Å². The Balaban J connectivity index is 3.60. The number of hydrogen-bond donors (Lipinski definition) is 1. The highest BCUT2D eigenvalue weighted by atomic mass is 35.5. The summed E-state index contributed by atoms with van der Waals surface area (Å²) in [5, 5.41) is -6.87. The molecule has 1 aromatic carbocycles. The van der Waals surface area contributed by atoms with Gasteiger partial charge >= 0.3 is 52.7 Å². The van der Waals surface area contributed by atoms with E-state index in [1.54, 1.807) is 0 Å². The van der Waals surface area contributed by atoms with Gasteiger partial charge in [0.1, 0.15) is 0 Å². The van der Waals surface area contributed by atoms with E-state index < -0.39 is 63.5 Å². The summed E-state index contributed by atoms with van der Waals surface area (Å²) in [5.74, 6) is -60.8. The van der Waals surface area contributed by atoms with Crippen molar-refractivity contribution in [2.75, 3.05) is 5.32 Å². The maximum absolute atomic E-state index is 13.8. The average Bonchev–Trinajstić information content (AvgIpc) is 2.67. The second-order valence-corrected chi connectivity index (χ2v) is 7.33. The van der Waals surface area contributed by atoms with Gasteiger partial charge in [0.25, 0.3) is 0 Å². The summed E-state index contributed by atoms with van der Waals surface area (Å²) in [7, 11) is 0. The summed E-state index contributed by atoms with van der Waals surface area (Å²) < 4.78 is 214. The highest BCUT2D eigenvalue weighted by molar-refractivity contribution is 6.33. The Hall–Kier alpha value is -1.85. The first-order valence-electron chi connectivity index (χ1n) is 7.93. The van der Waals surface area contributed by atoms with E-state index in [2.05, 4.69) is 11.6 Å². The van der Waals surface area contributed by atoms with Crippen molar-refractivity contribution in [3.05, 3.63) is 29.3 Å². The third-order valence-electron chi connectivity index (χ3n) is 4.13. The fourth-order valence-electron chi connectivity index (χ4n) is 2.07. The number of carbonyl (C=O) groups is 1. The predicted octanol–water partition coefficient (Wildman–Crippen LogP) is 7.56. The molecule has 20 heteroatoms. The van der Waals surface area contributed by atoms with Crippen molar-refractivity contribution in [2.45, 2.75) is 46.8 Å². The molecule has 0 saturated heterocycles. The lowest BCUT2D eigenvalue weighted by Gasteiger charge is -2.42. The van der Waals surface area contributed by atoms with Crippen molar-refractivity contribution in [2.24, 2.45) is 0 Å². The average molecular weight is 590 g/mol. The lowest BCUT2D eigenvalue weighted by Crippen LogP contribution is -2.75. The first-order valence-corrected chi connectivity index (χ1v) is 8.69. The van der Waals surface area contributed by atoms with Crippen LogP contribution < -0.4 is 5.32 Å². The van der Waals surface area contributed by atoms with Crippen molar-refractivity contribution >= 4 is 34.8 Å². The highest BCUT2D eigenvalue weighted by Gasteiger charge is 2.95. The number of para-hydroxylation sites is 1. The first kappa shape index (κ1) is 31.2. The quantitative estimate of drug-likeness (QED) is 0.234. The molecule has 0 aliphatic carbocycles. The molecule has 0 fully saturated rings. The van der Waals surface area contributed by atoms with Crippen molar-refractivity contribution in [3.8, 4) is 0 Å². The van der Waals surface area contributed by atoms with Gasteiger partial charge in [-0.1, -0.05) is 23.7 Å². The molecule has 0 saturated carbocycles. The molecule has 0 spiro atoms. The molecule has 0 atom stereocenters. The Morgan fingerprint density at radius 2 is 0.943 bits per heavy atom. The van der Waals surface area contributed by atoms with Crippen molar-refractivity contribution in [1.29, 1.82) is 0 Å². The summed E-state index contributed by atoms with van der Waals surface area (Å²) in [4.78, 5) is 11.4. The maximum Gasteiger partial charge on any atom is 0.393 e. The summed E-state index contributed by atoms with van der Waals surface area (Å²) in [6, 6.07) is 3.26. The molecule has 0 radical (unpaired) electrons. The molecule has 35 heavy (non-hydrogen) atoms. The number of alkyl halides is 17. The topological polar surface area (TPSA) is 29.1 Å². The summed E-state index contributed by atoms with van der Waals surface area (Å²) >= 11 is 8.76. The van der Waals surface area contributed by atoms with E-state index in [4.69, 9.17) is 11.6 Å². The van der Waals surface area contributed by atoms with Gasteiger partial charge in [-0.3, -0.25) is 4.79 Å². The first-order chi connectivity index (χ1) is 15.2. The Kier molecular flexibility index (Phi) is 7.68. The molecule has 0 bridgehead atoms. The van der Waals surface area contributed by atoms with Crippen LogP contribution in [0.5, 0.6) is 0 Å². The van der Waals surface area contributed by atoms with Gasteiger partial charge in [0.2, 0.25) is 0 Å². The van der Waals surface area contributed by atoms with Crippen LogP contribution in [-0.2, 0) is 4.79 Å². The van der Waals surface area contributed by atoms with Crippen LogP contribution in [-0.4, -0.2) is 52.7 Å². The molecule has 0 heterocycles. The van der Waals surface area contributed by atoms with Crippen LogP contribution in [0.3, 0.4) is 0 Å². The van der Waals surface area contributed by atoms with Crippen LogP contribution in [0.25, 0.3) is 0 Å². The van der Waals surface area contributed by atoms with Gasteiger partial charge in [-0.05, 0) is 23.7 Å². The highest BCUT2D eigenvalue weighted by Crippen LogP contribution is 2.64. The molecule has 1 aromatic rings. The maximum atomic E-state index is 13.8. The molecule has 2 nitrogen and oxygen atoms in total. The molecule has 1 N–H and O–H groups in total. The van der Waals surface area contributed by atoms with Crippen LogP contribution >= 0.6 is 23.2 Å². The van der Waals surface area contributed by atoms with Crippen molar-refractivity contribution in [1.82, 2.24) is 0 Å². The van der Waals surface area contributed by atoms with E-state index in [0.717, 1.165) is 23.5 Å². The summed E-state index contributed by atoms with van der Waals surface area (Å²) in [6.07, 6.45) is 0. The van der Waals surface area contributed by atoms with Gasteiger partial charge in [0.15, 0.2) is 0 Å². The summed E-state index contributed by atoms with van der Waals surface area (Å²) in [6.45, 7) is 0. The lowest BCUT2D eigenvalue weighted by molar-refractivity contribution is -0.445. The van der Waals surface area contributed by atoms with E-state index in [1.165, 1.54) is 0 Å². The zero-order chi connectivity index (χ0) is 28.3. The molecule has 0 aliphatic heterocycles. The number of anilines is 1. The molecular formula is C15H5Cl2F16NO. The minimum atomic E-state index is -8.65. The van der Waals surface area contributed by atoms with E-state index in [-0.39, 0.29) is 0 Å². The van der Waals surface area contributed by atoms with E-state index in [9.17, 15) is 75.0 Å². The number of amides is 1. The number of nitrogens with one attached hydrogen (secondary N) is 1. The normalized spacial score (nSPS) is 15.3. The molecule has 1 amide bonds. The standard InChI is InChI=1S/C15H5Cl2F16NO/c16-5-3-1-2-4-6(5)34-7(35)8(18,19)9(20,21)10(22,23)11(24,25)12(26,27)13(28,29)14(30,31)15(17,32)33/h1-4H,(H,34,35). The number of benzene rings is 1. The minimum absolute atomic E-state index is 0.560. The smallest absolute Gasteiger partial charge is 0.319 e. The molecule has 0 aromatic heterocycles. The number of hydrogen-bond acceptors (Lipinski definition) is 1. The van der Waals surface area contributed by atoms with Gasteiger partial charge < -0.3 is 5.32 Å². The molecule has 0 aliphatic rings. The number of rotatable bonds is 9. The summed E-state index contributed by atoms with van der Waals surface area (Å²) in [5.41, 5.74) is -1.05. The zero-order valence-corrected chi connectivity index (χ0v) is 17.0. The van der Waals surface area contributed by atoms with Crippen LogP contribution in [0.4, 0.5) is 75.9 Å². The number of carbonyl (C=O) groups excluding carboxylic acids is 1. The van der Waals surface area contributed by atoms with Crippen molar-refractivity contribution in [3.63, 3.8) is 0 Å². The molecule has 1 rings (SSSR count). The van der Waals surface area contributed by atoms with Gasteiger partial charge in [-0.2, -0.15) is 70.2 Å². The van der Waals surface area contributed by atoms with Gasteiger partial charge in [-0.25, -0.2) is 0 Å². The van der Waals surface area contributed by atoms with Gasteiger partial charge in [0.05, 0.1) is 10.7 Å². The largest absolute Gasteiger partial charge is 0.393 e. The second-order valence-electron chi connectivity index (χ2n) is 6.45. The fourth-order valence-corrected chi connectivity index (χ4v) is 2.37. The monoisotopic (exact) mass is 589 g/mol. The Bertz CT molecular complexity index is 959. The minimum Gasteiger partial charge on any atom is -0.319 e. The van der Waals surface area contributed by atoms with Gasteiger partial charge in [0, 0.05) is 0 Å². The van der Waals surface area contributed by atoms with Crippen LogP contribution in [0.1, 0.15) is 0 Å². The SMILES string of the molecule is O=C(Nc1ccccc1Cl)C(F)(F)C(F)(F)C(F)(F)C(F)(F)C(F)(F)C(F)(F)C(F)(F)C(F)(F)Cl.